The van der Waals surface area contributed by atoms with Crippen LogP contribution in [0, 0.1) is 0 Å². The molecule has 2 nitrogen and oxygen atoms in total. The van der Waals surface area contributed by atoms with Crippen LogP contribution < -0.4 is 4.74 Å². The average Bonchev–Trinajstić information content (AvgIpc) is 2.60. The lowest BCUT2D eigenvalue weighted by Crippen LogP contribution is -2.14. The van der Waals surface area contributed by atoms with Gasteiger partial charge < -0.3 is 9.84 Å². The number of hydrogen-bond donors (Lipinski definition) is 1. The van der Waals surface area contributed by atoms with Gasteiger partial charge in [0.25, 0.3) is 0 Å². The summed E-state index contributed by atoms with van der Waals surface area (Å²) in [5.41, 5.74) is 1.03. The Hall–Kier alpha value is -0.750. The van der Waals surface area contributed by atoms with Crippen molar-refractivity contribution < 1.29 is 23.0 Å². The molecule has 0 amide bonds. The van der Waals surface area contributed by atoms with Crippen molar-refractivity contribution >= 4 is 15.9 Å². The second-order valence-corrected chi connectivity index (χ2v) is 4.83. The Bertz CT molecular complexity index is 431. The van der Waals surface area contributed by atoms with E-state index in [0.717, 1.165) is 5.56 Å². The molecule has 1 aromatic carbocycles. The summed E-state index contributed by atoms with van der Waals surface area (Å²) >= 11 is 3.22. The zero-order valence-corrected chi connectivity index (χ0v) is 10.3. The van der Waals surface area contributed by atoms with Crippen LogP contribution in [0.2, 0.25) is 0 Å². The number of rotatable bonds is 2. The highest BCUT2D eigenvalue weighted by molar-refractivity contribution is 9.10. The smallest absolute Gasteiger partial charge is 0.391 e. The van der Waals surface area contributed by atoms with Crippen LogP contribution in [-0.2, 0) is 6.42 Å². The molecule has 1 aromatic rings. The van der Waals surface area contributed by atoms with Crippen molar-refractivity contribution in [3.8, 4) is 5.75 Å². The summed E-state index contributed by atoms with van der Waals surface area (Å²) in [5, 5.41) is 9.62. The van der Waals surface area contributed by atoms with Crippen LogP contribution in [0.4, 0.5) is 13.2 Å². The van der Waals surface area contributed by atoms with Gasteiger partial charge in [0.15, 0.2) is 0 Å². The molecule has 1 heterocycles. The van der Waals surface area contributed by atoms with E-state index in [4.69, 9.17) is 4.74 Å². The first-order valence-corrected chi connectivity index (χ1v) is 5.86. The van der Waals surface area contributed by atoms with Gasteiger partial charge in [-0.2, -0.15) is 13.2 Å². The number of benzene rings is 1. The second-order valence-electron chi connectivity index (χ2n) is 3.92. The fraction of sp³-hybridized carbons (Fsp3) is 0.455. The normalized spacial score (nSPS) is 16.5. The first-order chi connectivity index (χ1) is 7.87. The fourth-order valence-electron chi connectivity index (χ4n) is 1.87. The maximum atomic E-state index is 12.2. The van der Waals surface area contributed by atoms with E-state index in [-0.39, 0.29) is 5.56 Å². The SMILES string of the molecule is OC(CC(F)(F)F)c1cc(Br)cc2c1OCC2. The van der Waals surface area contributed by atoms with Gasteiger partial charge >= 0.3 is 6.18 Å². The quantitative estimate of drug-likeness (QED) is 0.907. The third-order valence-corrected chi connectivity index (χ3v) is 3.02. The molecular weight excluding hydrogens is 301 g/mol. The van der Waals surface area contributed by atoms with Gasteiger partial charge in [-0.15, -0.1) is 0 Å². The summed E-state index contributed by atoms with van der Waals surface area (Å²) < 4.78 is 42.6. The van der Waals surface area contributed by atoms with Crippen LogP contribution in [0.5, 0.6) is 5.75 Å². The highest BCUT2D eigenvalue weighted by Gasteiger charge is 2.34. The van der Waals surface area contributed by atoms with Crippen LogP contribution in [0.15, 0.2) is 16.6 Å². The molecule has 0 fully saturated rings. The molecule has 1 aliphatic rings. The Morgan fingerprint density at radius 3 is 2.76 bits per heavy atom. The van der Waals surface area contributed by atoms with Crippen LogP contribution >= 0.6 is 15.9 Å². The van der Waals surface area contributed by atoms with E-state index in [2.05, 4.69) is 15.9 Å². The van der Waals surface area contributed by atoms with Crippen molar-refractivity contribution in [1.29, 1.82) is 0 Å². The molecule has 0 aliphatic carbocycles. The van der Waals surface area contributed by atoms with Crippen molar-refractivity contribution in [2.45, 2.75) is 25.1 Å². The monoisotopic (exact) mass is 310 g/mol. The Labute approximate surface area is 105 Å². The largest absolute Gasteiger partial charge is 0.493 e. The summed E-state index contributed by atoms with van der Waals surface area (Å²) in [6.45, 7) is 0.442. The van der Waals surface area contributed by atoms with Crippen molar-refractivity contribution in [3.05, 3.63) is 27.7 Å². The Kier molecular flexibility index (Phi) is 3.36. The van der Waals surface area contributed by atoms with E-state index in [1.165, 1.54) is 6.07 Å². The summed E-state index contributed by atoms with van der Waals surface area (Å²) in [6, 6.07) is 3.27. The lowest BCUT2D eigenvalue weighted by Gasteiger charge is -2.16. The van der Waals surface area contributed by atoms with Crippen LogP contribution in [0.1, 0.15) is 23.7 Å². The minimum atomic E-state index is -4.40. The van der Waals surface area contributed by atoms with Crippen LogP contribution in [0.3, 0.4) is 0 Å². The molecular formula is C11H10BrF3O2. The molecule has 17 heavy (non-hydrogen) atoms. The lowest BCUT2D eigenvalue weighted by atomic mass is 10.0. The number of aliphatic hydroxyl groups excluding tert-OH is 1. The van der Waals surface area contributed by atoms with Crippen LogP contribution in [-0.4, -0.2) is 17.9 Å². The Morgan fingerprint density at radius 2 is 2.12 bits per heavy atom. The maximum Gasteiger partial charge on any atom is 0.391 e. The third-order valence-electron chi connectivity index (χ3n) is 2.56. The van der Waals surface area contributed by atoms with Crippen molar-refractivity contribution in [2.75, 3.05) is 6.61 Å². The standard InChI is InChI=1S/C11H10BrF3O2/c12-7-3-6-1-2-17-10(6)8(4-7)9(16)5-11(13,14)15/h3-4,9,16H,1-2,5H2. The number of halogens is 4. The summed E-state index contributed by atoms with van der Waals surface area (Å²) in [5.74, 6) is 0.393. The van der Waals surface area contributed by atoms with E-state index >= 15 is 0 Å². The minimum Gasteiger partial charge on any atom is -0.493 e. The molecule has 6 heteroatoms. The molecule has 0 saturated carbocycles. The van der Waals surface area contributed by atoms with Crippen molar-refractivity contribution in [1.82, 2.24) is 0 Å². The van der Waals surface area contributed by atoms with E-state index in [1.807, 2.05) is 0 Å². The Balaban J connectivity index is 2.32. The summed E-state index contributed by atoms with van der Waals surface area (Å²) in [7, 11) is 0. The van der Waals surface area contributed by atoms with Gasteiger partial charge in [0, 0.05) is 16.5 Å². The Morgan fingerprint density at radius 1 is 1.41 bits per heavy atom. The molecule has 0 bridgehead atoms. The molecule has 0 saturated heterocycles. The predicted octanol–water partition coefficient (Wildman–Crippen LogP) is 3.37. The molecule has 0 aromatic heterocycles. The fourth-order valence-corrected chi connectivity index (χ4v) is 2.40. The topological polar surface area (TPSA) is 29.5 Å². The van der Waals surface area contributed by atoms with Crippen molar-refractivity contribution in [2.24, 2.45) is 0 Å². The van der Waals surface area contributed by atoms with E-state index in [9.17, 15) is 18.3 Å². The lowest BCUT2D eigenvalue weighted by molar-refractivity contribution is -0.154. The van der Waals surface area contributed by atoms with Gasteiger partial charge in [0.2, 0.25) is 0 Å². The van der Waals surface area contributed by atoms with E-state index < -0.39 is 18.7 Å². The molecule has 1 unspecified atom stereocenters. The highest BCUT2D eigenvalue weighted by Crippen LogP contribution is 2.39. The van der Waals surface area contributed by atoms with Gasteiger partial charge in [-0.3, -0.25) is 0 Å². The second kappa shape index (κ2) is 4.49. The van der Waals surface area contributed by atoms with Crippen molar-refractivity contribution in [3.63, 3.8) is 0 Å². The first kappa shape index (κ1) is 12.7. The molecule has 1 aliphatic heterocycles. The molecule has 1 N–H and O–H groups in total. The minimum absolute atomic E-state index is 0.198. The first-order valence-electron chi connectivity index (χ1n) is 5.07. The van der Waals surface area contributed by atoms with Gasteiger partial charge in [-0.05, 0) is 17.7 Å². The summed E-state index contributed by atoms with van der Waals surface area (Å²) in [4.78, 5) is 0. The third kappa shape index (κ3) is 2.93. The van der Waals surface area contributed by atoms with E-state index in [1.54, 1.807) is 6.07 Å². The zero-order chi connectivity index (χ0) is 12.6. The van der Waals surface area contributed by atoms with Gasteiger partial charge in [0.1, 0.15) is 5.75 Å². The summed E-state index contributed by atoms with van der Waals surface area (Å²) in [6.07, 6.45) is -6.59. The molecule has 94 valence electrons. The number of fused-ring (bicyclic) bond motifs is 1. The molecule has 1 atom stereocenters. The molecule has 0 radical (unpaired) electrons. The molecule has 0 spiro atoms. The number of alkyl halides is 3. The van der Waals surface area contributed by atoms with Gasteiger partial charge in [-0.25, -0.2) is 0 Å². The van der Waals surface area contributed by atoms with Gasteiger partial charge in [-0.1, -0.05) is 15.9 Å². The maximum absolute atomic E-state index is 12.2. The highest BCUT2D eigenvalue weighted by atomic mass is 79.9. The van der Waals surface area contributed by atoms with Gasteiger partial charge in [0.05, 0.1) is 19.1 Å². The average molecular weight is 311 g/mol. The number of hydrogen-bond acceptors (Lipinski definition) is 2. The predicted molar refractivity (Wildman–Crippen MR) is 59.0 cm³/mol. The van der Waals surface area contributed by atoms with Crippen LogP contribution in [0.25, 0.3) is 0 Å². The number of ether oxygens (including phenoxy) is 1. The molecule has 2 rings (SSSR count). The number of aliphatic hydroxyl groups is 1. The zero-order valence-electron chi connectivity index (χ0n) is 8.72. The van der Waals surface area contributed by atoms with E-state index in [0.29, 0.717) is 23.2 Å².